The van der Waals surface area contributed by atoms with Gasteiger partial charge in [0.25, 0.3) is 0 Å². The number of hydrazone groups is 1. The van der Waals surface area contributed by atoms with Gasteiger partial charge in [-0.05, 0) is 28.7 Å². The quantitative estimate of drug-likeness (QED) is 0.684. The maximum Gasteiger partial charge on any atom is 0.245 e. The number of carbonyl (C=O) groups excluding carboxylic acids is 1. The Kier molecular flexibility index (Phi) is 4.81. The van der Waals surface area contributed by atoms with Crippen LogP contribution in [0.5, 0.6) is 0 Å². The van der Waals surface area contributed by atoms with Crippen molar-refractivity contribution in [1.29, 1.82) is 0 Å². The lowest BCUT2D eigenvalue weighted by Crippen LogP contribution is -2.20. The van der Waals surface area contributed by atoms with Crippen LogP contribution in [0.4, 0.5) is 0 Å². The van der Waals surface area contributed by atoms with E-state index in [-0.39, 0.29) is 11.3 Å². The molecule has 2 rings (SSSR count). The topological polar surface area (TPSA) is 46.4 Å². The summed E-state index contributed by atoms with van der Waals surface area (Å²) in [5, 5.41) is 4.01. The first-order chi connectivity index (χ1) is 10.4. The van der Waals surface area contributed by atoms with Crippen molar-refractivity contribution in [3.63, 3.8) is 0 Å². The van der Waals surface area contributed by atoms with Crippen LogP contribution < -0.4 is 5.43 Å². The normalized spacial score (nSPS) is 11.8. The number of amides is 1. The third kappa shape index (κ3) is 4.32. The van der Waals surface area contributed by atoms with Crippen LogP contribution in [0.3, 0.4) is 0 Å². The third-order valence-corrected chi connectivity index (χ3v) is 3.57. The highest BCUT2D eigenvalue weighted by Gasteiger charge is 2.12. The lowest BCUT2D eigenvalue weighted by atomic mass is 9.87. The zero-order chi connectivity index (χ0) is 16.2. The average molecular weight is 297 g/mol. The number of nitrogens with one attached hydrogen (secondary N) is 1. The van der Waals surface area contributed by atoms with E-state index in [0.29, 0.717) is 6.42 Å². The number of carbonyl (C=O) groups is 1. The molecule has 0 aliphatic rings. The molecule has 0 atom stereocenters. The summed E-state index contributed by atoms with van der Waals surface area (Å²) in [7, 11) is 1.92. The first-order valence-corrected chi connectivity index (χ1v) is 7.39. The van der Waals surface area contributed by atoms with Gasteiger partial charge in [0, 0.05) is 18.9 Å². The molecule has 1 N–H and O–H groups in total. The van der Waals surface area contributed by atoms with E-state index >= 15 is 0 Å². The lowest BCUT2D eigenvalue weighted by Gasteiger charge is -2.18. The van der Waals surface area contributed by atoms with E-state index in [1.54, 1.807) is 6.21 Å². The summed E-state index contributed by atoms with van der Waals surface area (Å²) in [5.41, 5.74) is 5.90. The highest BCUT2D eigenvalue weighted by Crippen LogP contribution is 2.21. The predicted molar refractivity (Wildman–Crippen MR) is 90.0 cm³/mol. The van der Waals surface area contributed by atoms with E-state index in [9.17, 15) is 4.79 Å². The highest BCUT2D eigenvalue weighted by atomic mass is 16.2. The van der Waals surface area contributed by atoms with Crippen LogP contribution in [0.25, 0.3) is 0 Å². The molecule has 1 heterocycles. The molecule has 0 saturated heterocycles. The molecule has 0 bridgehead atoms. The van der Waals surface area contributed by atoms with Gasteiger partial charge in [-0.15, -0.1) is 0 Å². The summed E-state index contributed by atoms with van der Waals surface area (Å²) < 4.78 is 1.93. The SMILES string of the molecule is Cn1cccc1CC(=O)N/N=C\c1ccc(C(C)(C)C)cc1. The van der Waals surface area contributed by atoms with Crippen molar-refractivity contribution in [3.8, 4) is 0 Å². The second kappa shape index (κ2) is 6.60. The molecule has 2 aromatic rings. The molecule has 1 aromatic heterocycles. The molecular formula is C18H23N3O. The van der Waals surface area contributed by atoms with Crippen LogP contribution in [0.1, 0.15) is 37.6 Å². The monoisotopic (exact) mass is 297 g/mol. The van der Waals surface area contributed by atoms with Gasteiger partial charge in [0.15, 0.2) is 0 Å². The van der Waals surface area contributed by atoms with E-state index < -0.39 is 0 Å². The molecular weight excluding hydrogens is 274 g/mol. The van der Waals surface area contributed by atoms with Crippen molar-refractivity contribution < 1.29 is 4.79 Å². The van der Waals surface area contributed by atoms with E-state index in [4.69, 9.17) is 0 Å². The highest BCUT2D eigenvalue weighted by molar-refractivity contribution is 5.83. The molecule has 1 aromatic carbocycles. The Balaban J connectivity index is 1.89. The van der Waals surface area contributed by atoms with Crippen LogP contribution in [-0.4, -0.2) is 16.7 Å². The van der Waals surface area contributed by atoms with E-state index in [0.717, 1.165) is 11.3 Å². The molecule has 1 amide bonds. The van der Waals surface area contributed by atoms with Gasteiger partial charge >= 0.3 is 0 Å². The van der Waals surface area contributed by atoms with Crippen LogP contribution in [0.2, 0.25) is 0 Å². The number of aryl methyl sites for hydroxylation is 1. The molecule has 4 heteroatoms. The standard InChI is InChI=1S/C18H23N3O/c1-18(2,3)15-9-7-14(8-10-15)13-19-20-17(22)12-16-6-5-11-21(16)4/h5-11,13H,12H2,1-4H3,(H,20,22)/b19-13-. The van der Waals surface area contributed by atoms with Crippen molar-refractivity contribution >= 4 is 12.1 Å². The molecule has 4 nitrogen and oxygen atoms in total. The molecule has 0 saturated carbocycles. The molecule has 22 heavy (non-hydrogen) atoms. The van der Waals surface area contributed by atoms with E-state index in [1.165, 1.54) is 5.56 Å². The number of rotatable bonds is 4. The van der Waals surface area contributed by atoms with Gasteiger partial charge in [0.1, 0.15) is 0 Å². The van der Waals surface area contributed by atoms with Crippen LogP contribution in [-0.2, 0) is 23.7 Å². The van der Waals surface area contributed by atoms with Gasteiger partial charge in [-0.25, -0.2) is 5.43 Å². The molecule has 0 aliphatic carbocycles. The summed E-state index contributed by atoms with van der Waals surface area (Å²) in [4.78, 5) is 11.8. The molecule has 0 spiro atoms. The average Bonchev–Trinajstić information content (AvgIpc) is 2.84. The minimum atomic E-state index is -0.121. The smallest absolute Gasteiger partial charge is 0.245 e. The fraction of sp³-hybridized carbons (Fsp3) is 0.333. The van der Waals surface area contributed by atoms with E-state index in [2.05, 4.69) is 43.4 Å². The summed E-state index contributed by atoms with van der Waals surface area (Å²) in [6.45, 7) is 6.54. The molecule has 0 unspecified atom stereocenters. The second-order valence-electron chi connectivity index (χ2n) is 6.45. The van der Waals surface area contributed by atoms with E-state index in [1.807, 2.05) is 42.1 Å². The van der Waals surface area contributed by atoms with Crippen molar-refractivity contribution in [2.45, 2.75) is 32.6 Å². The molecule has 0 aliphatic heterocycles. The third-order valence-electron chi connectivity index (χ3n) is 3.57. The maximum atomic E-state index is 11.8. The van der Waals surface area contributed by atoms with Crippen molar-refractivity contribution in [1.82, 2.24) is 9.99 Å². The molecule has 116 valence electrons. The van der Waals surface area contributed by atoms with Crippen molar-refractivity contribution in [3.05, 3.63) is 59.4 Å². The van der Waals surface area contributed by atoms with Crippen LogP contribution in [0, 0.1) is 0 Å². The number of hydrogen-bond donors (Lipinski definition) is 1. The second-order valence-corrected chi connectivity index (χ2v) is 6.45. The first-order valence-electron chi connectivity index (χ1n) is 7.39. The zero-order valence-corrected chi connectivity index (χ0v) is 13.6. The largest absolute Gasteiger partial charge is 0.354 e. The van der Waals surface area contributed by atoms with Gasteiger partial charge in [-0.3, -0.25) is 4.79 Å². The number of hydrogen-bond acceptors (Lipinski definition) is 2. The van der Waals surface area contributed by atoms with Crippen molar-refractivity contribution in [2.75, 3.05) is 0 Å². The minimum Gasteiger partial charge on any atom is -0.354 e. The fourth-order valence-electron chi connectivity index (χ4n) is 2.13. The lowest BCUT2D eigenvalue weighted by molar-refractivity contribution is -0.120. The fourth-order valence-corrected chi connectivity index (χ4v) is 2.13. The first kappa shape index (κ1) is 16.0. The minimum absolute atomic E-state index is 0.121. The van der Waals surface area contributed by atoms with Gasteiger partial charge in [0.05, 0.1) is 12.6 Å². The Morgan fingerprint density at radius 3 is 2.45 bits per heavy atom. The number of nitrogens with zero attached hydrogens (tertiary/aromatic N) is 2. The summed E-state index contributed by atoms with van der Waals surface area (Å²) in [5.74, 6) is -0.121. The van der Waals surface area contributed by atoms with Gasteiger partial charge in [-0.2, -0.15) is 5.10 Å². The Labute approximate surface area is 131 Å². The summed E-state index contributed by atoms with van der Waals surface area (Å²) in [6.07, 6.45) is 3.90. The Hall–Kier alpha value is -2.36. The molecule has 0 fully saturated rings. The van der Waals surface area contributed by atoms with Crippen LogP contribution >= 0.6 is 0 Å². The van der Waals surface area contributed by atoms with Gasteiger partial charge < -0.3 is 4.57 Å². The summed E-state index contributed by atoms with van der Waals surface area (Å²) >= 11 is 0. The number of aromatic nitrogens is 1. The van der Waals surface area contributed by atoms with Gasteiger partial charge in [-0.1, -0.05) is 45.0 Å². The maximum absolute atomic E-state index is 11.8. The Morgan fingerprint density at radius 2 is 1.91 bits per heavy atom. The van der Waals surface area contributed by atoms with Gasteiger partial charge in [0.2, 0.25) is 5.91 Å². The Morgan fingerprint density at radius 1 is 1.23 bits per heavy atom. The predicted octanol–water partition coefficient (Wildman–Crippen LogP) is 3.02. The molecule has 0 radical (unpaired) electrons. The van der Waals surface area contributed by atoms with Crippen LogP contribution in [0.15, 0.2) is 47.7 Å². The number of benzene rings is 1. The van der Waals surface area contributed by atoms with Crippen molar-refractivity contribution in [2.24, 2.45) is 12.1 Å². The summed E-state index contributed by atoms with van der Waals surface area (Å²) in [6, 6.07) is 12.0. The zero-order valence-electron chi connectivity index (χ0n) is 13.6. The Bertz CT molecular complexity index is 660.